The molecule has 2 rings (SSSR count). The zero-order valence-electron chi connectivity index (χ0n) is 10.2. The highest BCUT2D eigenvalue weighted by molar-refractivity contribution is 5.53. The lowest BCUT2D eigenvalue weighted by Gasteiger charge is -2.25. The van der Waals surface area contributed by atoms with Crippen LogP contribution in [0.15, 0.2) is 12.1 Å². The number of methoxy groups -OCH3 is 1. The first-order valence-corrected chi connectivity index (χ1v) is 5.79. The summed E-state index contributed by atoms with van der Waals surface area (Å²) in [4.78, 5) is 0. The normalized spacial score (nSPS) is 15.7. The molecule has 1 N–H and O–H groups in total. The molecule has 1 aromatic rings. The third-order valence-electron chi connectivity index (χ3n) is 2.90. The van der Waals surface area contributed by atoms with Crippen LogP contribution in [0.3, 0.4) is 0 Å². The van der Waals surface area contributed by atoms with E-state index in [0.29, 0.717) is 19.8 Å². The quantitative estimate of drug-likeness (QED) is 0.867. The van der Waals surface area contributed by atoms with Gasteiger partial charge in [0.1, 0.15) is 13.2 Å². The summed E-state index contributed by atoms with van der Waals surface area (Å²) >= 11 is 0. The van der Waals surface area contributed by atoms with Crippen LogP contribution in [0.2, 0.25) is 0 Å². The first kappa shape index (κ1) is 12.2. The maximum Gasteiger partial charge on any atom is 0.167 e. The molecule has 4 nitrogen and oxygen atoms in total. The van der Waals surface area contributed by atoms with Crippen molar-refractivity contribution in [1.29, 1.82) is 0 Å². The van der Waals surface area contributed by atoms with Crippen LogP contribution in [0.1, 0.15) is 24.0 Å². The number of aliphatic hydroxyl groups is 1. The molecule has 1 unspecified atom stereocenters. The highest BCUT2D eigenvalue weighted by Gasteiger charge is 2.22. The molecule has 0 aliphatic carbocycles. The van der Waals surface area contributed by atoms with E-state index in [9.17, 15) is 5.11 Å². The van der Waals surface area contributed by atoms with Gasteiger partial charge in [0.2, 0.25) is 0 Å². The predicted octanol–water partition coefficient (Wildman–Crippen LogP) is 1.70. The molecule has 4 heteroatoms. The van der Waals surface area contributed by atoms with Crippen molar-refractivity contribution >= 4 is 0 Å². The minimum Gasteiger partial charge on any atom is -0.486 e. The lowest BCUT2D eigenvalue weighted by Crippen LogP contribution is -2.19. The van der Waals surface area contributed by atoms with Crippen LogP contribution in [0.4, 0.5) is 0 Å². The standard InChI is InChI=1S/C13H18O4/c1-9(7-14)11-4-3-10(8-15-2)12-13(11)17-6-5-16-12/h3-4,9,14H,5-8H2,1-2H3. The second kappa shape index (κ2) is 5.38. The maximum absolute atomic E-state index is 9.24. The molecule has 1 aromatic carbocycles. The third kappa shape index (κ3) is 2.37. The molecule has 94 valence electrons. The van der Waals surface area contributed by atoms with Gasteiger partial charge < -0.3 is 19.3 Å². The number of rotatable bonds is 4. The van der Waals surface area contributed by atoms with E-state index in [4.69, 9.17) is 14.2 Å². The molecular formula is C13H18O4. The Morgan fingerprint density at radius 2 is 2.00 bits per heavy atom. The van der Waals surface area contributed by atoms with E-state index in [1.165, 1.54) is 0 Å². The van der Waals surface area contributed by atoms with Gasteiger partial charge in [0.05, 0.1) is 6.61 Å². The first-order chi connectivity index (χ1) is 8.27. The summed E-state index contributed by atoms with van der Waals surface area (Å²) in [5.74, 6) is 1.56. The highest BCUT2D eigenvalue weighted by atomic mass is 16.6. The molecule has 0 amide bonds. The van der Waals surface area contributed by atoms with E-state index < -0.39 is 0 Å². The summed E-state index contributed by atoms with van der Waals surface area (Å²) in [6, 6.07) is 3.95. The second-order valence-electron chi connectivity index (χ2n) is 4.19. The Hall–Kier alpha value is -1.26. The van der Waals surface area contributed by atoms with Gasteiger partial charge in [0.15, 0.2) is 11.5 Å². The number of hydrogen-bond acceptors (Lipinski definition) is 4. The Morgan fingerprint density at radius 3 is 2.65 bits per heavy atom. The van der Waals surface area contributed by atoms with Crippen molar-refractivity contribution in [2.75, 3.05) is 26.9 Å². The minimum absolute atomic E-state index is 0.0436. The molecule has 0 saturated heterocycles. The van der Waals surface area contributed by atoms with Gasteiger partial charge in [-0.15, -0.1) is 0 Å². The Bertz CT molecular complexity index is 389. The topological polar surface area (TPSA) is 47.9 Å². The van der Waals surface area contributed by atoms with Crippen LogP contribution in [0, 0.1) is 0 Å². The van der Waals surface area contributed by atoms with Crippen molar-refractivity contribution in [3.63, 3.8) is 0 Å². The van der Waals surface area contributed by atoms with Gasteiger partial charge in [-0.3, -0.25) is 0 Å². The summed E-state index contributed by atoms with van der Waals surface area (Å²) < 4.78 is 16.5. The van der Waals surface area contributed by atoms with E-state index in [1.807, 2.05) is 19.1 Å². The van der Waals surface area contributed by atoms with E-state index in [-0.39, 0.29) is 12.5 Å². The van der Waals surface area contributed by atoms with Gasteiger partial charge >= 0.3 is 0 Å². The molecule has 0 aromatic heterocycles. The van der Waals surface area contributed by atoms with Crippen LogP contribution in [-0.4, -0.2) is 32.0 Å². The molecule has 0 fully saturated rings. The Kier molecular flexibility index (Phi) is 3.86. The fourth-order valence-electron chi connectivity index (χ4n) is 1.97. The predicted molar refractivity (Wildman–Crippen MR) is 63.6 cm³/mol. The fraction of sp³-hybridized carbons (Fsp3) is 0.538. The van der Waals surface area contributed by atoms with Gasteiger partial charge in [-0.25, -0.2) is 0 Å². The number of benzene rings is 1. The molecule has 1 aliphatic rings. The van der Waals surface area contributed by atoms with Crippen LogP contribution < -0.4 is 9.47 Å². The molecule has 1 aliphatic heterocycles. The molecule has 0 bridgehead atoms. The zero-order valence-corrected chi connectivity index (χ0v) is 10.2. The van der Waals surface area contributed by atoms with Gasteiger partial charge in [-0.2, -0.15) is 0 Å². The Morgan fingerprint density at radius 1 is 1.29 bits per heavy atom. The zero-order chi connectivity index (χ0) is 12.3. The number of fused-ring (bicyclic) bond motifs is 1. The molecule has 0 spiro atoms. The molecule has 1 heterocycles. The van der Waals surface area contributed by atoms with Crippen molar-refractivity contribution < 1.29 is 19.3 Å². The summed E-state index contributed by atoms with van der Waals surface area (Å²) in [5.41, 5.74) is 1.97. The SMILES string of the molecule is COCc1ccc(C(C)CO)c2c1OCCO2. The van der Waals surface area contributed by atoms with E-state index >= 15 is 0 Å². The first-order valence-electron chi connectivity index (χ1n) is 5.79. The van der Waals surface area contributed by atoms with Crippen LogP contribution in [0.25, 0.3) is 0 Å². The number of aliphatic hydroxyl groups excluding tert-OH is 1. The molecule has 17 heavy (non-hydrogen) atoms. The van der Waals surface area contributed by atoms with Gasteiger partial charge in [-0.1, -0.05) is 19.1 Å². The molecule has 0 radical (unpaired) electrons. The van der Waals surface area contributed by atoms with Crippen LogP contribution >= 0.6 is 0 Å². The second-order valence-corrected chi connectivity index (χ2v) is 4.19. The summed E-state index contributed by atoms with van der Waals surface area (Å²) in [6.45, 7) is 3.66. The summed E-state index contributed by atoms with van der Waals surface area (Å²) in [7, 11) is 1.65. The van der Waals surface area contributed by atoms with E-state index in [1.54, 1.807) is 7.11 Å². The molecule has 0 saturated carbocycles. The van der Waals surface area contributed by atoms with E-state index in [0.717, 1.165) is 22.6 Å². The average Bonchev–Trinajstić information content (AvgIpc) is 2.38. The van der Waals surface area contributed by atoms with Crippen LogP contribution in [0.5, 0.6) is 11.5 Å². The molecular weight excluding hydrogens is 220 g/mol. The smallest absolute Gasteiger partial charge is 0.167 e. The Labute approximate surface area is 101 Å². The van der Waals surface area contributed by atoms with Gasteiger partial charge in [-0.05, 0) is 0 Å². The summed E-state index contributed by atoms with van der Waals surface area (Å²) in [6.07, 6.45) is 0. The third-order valence-corrected chi connectivity index (χ3v) is 2.90. The monoisotopic (exact) mass is 238 g/mol. The highest BCUT2D eigenvalue weighted by Crippen LogP contribution is 2.40. The van der Waals surface area contributed by atoms with E-state index in [2.05, 4.69) is 0 Å². The average molecular weight is 238 g/mol. The van der Waals surface area contributed by atoms with Gasteiger partial charge in [0.25, 0.3) is 0 Å². The van der Waals surface area contributed by atoms with Crippen molar-refractivity contribution in [3.05, 3.63) is 23.3 Å². The number of ether oxygens (including phenoxy) is 3. The minimum atomic E-state index is 0.0436. The van der Waals surface area contributed by atoms with Gasteiger partial charge in [0, 0.05) is 30.8 Å². The van der Waals surface area contributed by atoms with Crippen LogP contribution in [-0.2, 0) is 11.3 Å². The fourth-order valence-corrected chi connectivity index (χ4v) is 1.97. The number of hydrogen-bond donors (Lipinski definition) is 1. The largest absolute Gasteiger partial charge is 0.486 e. The van der Waals surface area contributed by atoms with Crippen molar-refractivity contribution in [2.24, 2.45) is 0 Å². The molecule has 1 atom stereocenters. The van der Waals surface area contributed by atoms with Crippen molar-refractivity contribution in [1.82, 2.24) is 0 Å². The van der Waals surface area contributed by atoms with Crippen molar-refractivity contribution in [3.8, 4) is 11.5 Å². The lowest BCUT2D eigenvalue weighted by molar-refractivity contribution is 0.150. The summed E-state index contributed by atoms with van der Waals surface area (Å²) in [5, 5.41) is 9.24. The van der Waals surface area contributed by atoms with Crippen molar-refractivity contribution in [2.45, 2.75) is 19.4 Å². The lowest BCUT2D eigenvalue weighted by atomic mass is 9.98. The Balaban J connectivity index is 2.43. The maximum atomic E-state index is 9.24.